The summed E-state index contributed by atoms with van der Waals surface area (Å²) in [5, 5.41) is 14.0. The van der Waals surface area contributed by atoms with Gasteiger partial charge in [0.1, 0.15) is 11.4 Å². The molecular formula is C12H15ClFN3O3. The molecule has 0 radical (unpaired) electrons. The van der Waals surface area contributed by atoms with Gasteiger partial charge in [-0.15, -0.1) is 12.4 Å². The molecule has 2 rings (SSSR count). The van der Waals surface area contributed by atoms with Crippen molar-refractivity contribution in [2.45, 2.75) is 12.5 Å². The van der Waals surface area contributed by atoms with Gasteiger partial charge in [-0.1, -0.05) is 0 Å². The molecular weight excluding hydrogens is 289 g/mol. The molecule has 20 heavy (non-hydrogen) atoms. The quantitative estimate of drug-likeness (QED) is 0.679. The second-order valence-electron chi connectivity index (χ2n) is 4.48. The summed E-state index contributed by atoms with van der Waals surface area (Å²) in [6, 6.07) is 2.89. The Morgan fingerprint density at radius 2 is 2.25 bits per heavy atom. The normalized spacial score (nSPS) is 17.4. The largest absolute Gasteiger partial charge is 0.337 e. The standard InChI is InChI=1S/C12H14FN3O3.ClH/c1-15(9-4-5-14-7-9)12(17)10-6-8(13)2-3-11(10)16(18)19;/h2-3,6,9,14H,4-5,7H2,1H3;1H. The average molecular weight is 304 g/mol. The molecule has 1 atom stereocenters. The number of nitrogens with one attached hydrogen (secondary N) is 1. The maximum absolute atomic E-state index is 13.2. The van der Waals surface area contributed by atoms with E-state index < -0.39 is 16.6 Å². The highest BCUT2D eigenvalue weighted by atomic mass is 35.5. The number of hydrogen-bond acceptors (Lipinski definition) is 4. The molecule has 1 aromatic carbocycles. The van der Waals surface area contributed by atoms with Crippen LogP contribution in [-0.2, 0) is 0 Å². The number of nitro benzene ring substituents is 1. The van der Waals surface area contributed by atoms with Gasteiger partial charge in [-0.05, 0) is 25.1 Å². The fourth-order valence-electron chi connectivity index (χ4n) is 2.16. The monoisotopic (exact) mass is 303 g/mol. The van der Waals surface area contributed by atoms with Gasteiger partial charge in [-0.3, -0.25) is 14.9 Å². The molecule has 0 bridgehead atoms. The Kier molecular flexibility index (Phi) is 5.41. The summed E-state index contributed by atoms with van der Waals surface area (Å²) in [7, 11) is 1.58. The minimum absolute atomic E-state index is 0. The summed E-state index contributed by atoms with van der Waals surface area (Å²) >= 11 is 0. The van der Waals surface area contributed by atoms with Crippen LogP contribution in [0.25, 0.3) is 0 Å². The molecule has 1 fully saturated rings. The van der Waals surface area contributed by atoms with Crippen molar-refractivity contribution in [3.05, 3.63) is 39.7 Å². The third-order valence-electron chi connectivity index (χ3n) is 3.29. The Morgan fingerprint density at radius 1 is 1.55 bits per heavy atom. The van der Waals surface area contributed by atoms with Crippen molar-refractivity contribution >= 4 is 24.0 Å². The van der Waals surface area contributed by atoms with Gasteiger partial charge in [0.05, 0.1) is 4.92 Å². The maximum atomic E-state index is 13.2. The van der Waals surface area contributed by atoms with Crippen molar-refractivity contribution in [1.29, 1.82) is 0 Å². The average Bonchev–Trinajstić information content (AvgIpc) is 2.90. The third kappa shape index (κ3) is 3.23. The first-order valence-electron chi connectivity index (χ1n) is 5.92. The molecule has 1 heterocycles. The number of halogens is 2. The molecule has 1 aliphatic heterocycles. The lowest BCUT2D eigenvalue weighted by Gasteiger charge is -2.23. The molecule has 1 unspecified atom stereocenters. The number of likely N-dealkylation sites (N-methyl/N-ethyl adjacent to an activating group) is 1. The van der Waals surface area contributed by atoms with Gasteiger partial charge < -0.3 is 10.2 Å². The van der Waals surface area contributed by atoms with E-state index in [1.165, 1.54) is 4.90 Å². The number of benzene rings is 1. The smallest absolute Gasteiger partial charge is 0.282 e. The van der Waals surface area contributed by atoms with Gasteiger partial charge in [0.2, 0.25) is 0 Å². The van der Waals surface area contributed by atoms with Crippen LogP contribution in [0.2, 0.25) is 0 Å². The predicted octanol–water partition coefficient (Wildman–Crippen LogP) is 1.59. The maximum Gasteiger partial charge on any atom is 0.282 e. The summed E-state index contributed by atoms with van der Waals surface area (Å²) < 4.78 is 13.2. The molecule has 1 amide bonds. The van der Waals surface area contributed by atoms with E-state index in [1.807, 2.05) is 0 Å². The van der Waals surface area contributed by atoms with Crippen LogP contribution in [0.5, 0.6) is 0 Å². The molecule has 1 aromatic rings. The molecule has 1 aliphatic rings. The molecule has 1 saturated heterocycles. The Bertz CT molecular complexity index is 521. The molecule has 110 valence electrons. The predicted molar refractivity (Wildman–Crippen MR) is 73.7 cm³/mol. The van der Waals surface area contributed by atoms with Crippen LogP contribution >= 0.6 is 12.4 Å². The van der Waals surface area contributed by atoms with E-state index in [0.717, 1.165) is 31.2 Å². The van der Waals surface area contributed by atoms with E-state index in [4.69, 9.17) is 0 Å². The second-order valence-corrected chi connectivity index (χ2v) is 4.48. The first-order chi connectivity index (χ1) is 9.00. The molecule has 0 saturated carbocycles. The van der Waals surface area contributed by atoms with Crippen LogP contribution in [0.3, 0.4) is 0 Å². The van der Waals surface area contributed by atoms with Crippen molar-refractivity contribution in [1.82, 2.24) is 10.2 Å². The van der Waals surface area contributed by atoms with Gasteiger partial charge in [0.15, 0.2) is 0 Å². The highest BCUT2D eigenvalue weighted by molar-refractivity contribution is 5.98. The van der Waals surface area contributed by atoms with E-state index in [0.29, 0.717) is 6.54 Å². The van der Waals surface area contributed by atoms with Crippen molar-refractivity contribution in [3.63, 3.8) is 0 Å². The van der Waals surface area contributed by atoms with Crippen molar-refractivity contribution < 1.29 is 14.1 Å². The van der Waals surface area contributed by atoms with Crippen molar-refractivity contribution in [3.8, 4) is 0 Å². The molecule has 0 aliphatic carbocycles. The zero-order valence-corrected chi connectivity index (χ0v) is 11.7. The second kappa shape index (κ2) is 6.62. The number of nitro groups is 1. The van der Waals surface area contributed by atoms with Crippen molar-refractivity contribution in [2.24, 2.45) is 0 Å². The topological polar surface area (TPSA) is 75.5 Å². The fourth-order valence-corrected chi connectivity index (χ4v) is 2.16. The lowest BCUT2D eigenvalue weighted by molar-refractivity contribution is -0.385. The third-order valence-corrected chi connectivity index (χ3v) is 3.29. The highest BCUT2D eigenvalue weighted by Gasteiger charge is 2.28. The number of hydrogen-bond donors (Lipinski definition) is 1. The number of nitrogens with zero attached hydrogens (tertiary/aromatic N) is 2. The number of rotatable bonds is 3. The SMILES string of the molecule is CN(C(=O)c1cc(F)ccc1[N+](=O)[O-])C1CCNC1.Cl. The van der Waals surface area contributed by atoms with Gasteiger partial charge in [0.25, 0.3) is 11.6 Å². The summed E-state index contributed by atoms with van der Waals surface area (Å²) in [6.07, 6.45) is 0.783. The van der Waals surface area contributed by atoms with Crippen LogP contribution in [0, 0.1) is 15.9 Å². The van der Waals surface area contributed by atoms with E-state index in [1.54, 1.807) is 7.05 Å². The molecule has 0 aromatic heterocycles. The van der Waals surface area contributed by atoms with Crippen LogP contribution < -0.4 is 5.32 Å². The molecule has 8 heteroatoms. The first-order valence-corrected chi connectivity index (χ1v) is 5.92. The summed E-state index contributed by atoms with van der Waals surface area (Å²) in [4.78, 5) is 23.9. The van der Waals surface area contributed by atoms with Crippen molar-refractivity contribution in [2.75, 3.05) is 20.1 Å². The van der Waals surface area contributed by atoms with E-state index in [2.05, 4.69) is 5.32 Å². The Morgan fingerprint density at radius 3 is 2.80 bits per heavy atom. The van der Waals surface area contributed by atoms with E-state index in [-0.39, 0.29) is 29.7 Å². The van der Waals surface area contributed by atoms with Gasteiger partial charge >= 0.3 is 0 Å². The minimum atomic E-state index is -0.673. The highest BCUT2D eigenvalue weighted by Crippen LogP contribution is 2.22. The Balaban J connectivity index is 0.00000200. The summed E-state index contributed by atoms with van der Waals surface area (Å²) in [6.45, 7) is 1.44. The number of amides is 1. The molecule has 6 nitrogen and oxygen atoms in total. The molecule has 1 N–H and O–H groups in total. The number of carbonyl (C=O) groups excluding carboxylic acids is 1. The van der Waals surface area contributed by atoms with E-state index in [9.17, 15) is 19.3 Å². The van der Waals surface area contributed by atoms with Crippen LogP contribution in [0.4, 0.5) is 10.1 Å². The molecule has 0 spiro atoms. The summed E-state index contributed by atoms with van der Waals surface area (Å²) in [5.41, 5.74) is -0.580. The summed E-state index contributed by atoms with van der Waals surface area (Å²) in [5.74, 6) is -1.19. The van der Waals surface area contributed by atoms with Gasteiger partial charge in [-0.25, -0.2) is 4.39 Å². The zero-order valence-electron chi connectivity index (χ0n) is 10.8. The van der Waals surface area contributed by atoms with Crippen LogP contribution in [0.1, 0.15) is 16.8 Å². The minimum Gasteiger partial charge on any atom is -0.337 e. The zero-order chi connectivity index (χ0) is 14.0. The lowest BCUT2D eigenvalue weighted by Crippen LogP contribution is -2.38. The van der Waals surface area contributed by atoms with Crippen LogP contribution in [-0.4, -0.2) is 41.9 Å². The van der Waals surface area contributed by atoms with Crippen LogP contribution in [0.15, 0.2) is 18.2 Å². The first kappa shape index (κ1) is 16.3. The fraction of sp³-hybridized carbons (Fsp3) is 0.417. The van der Waals surface area contributed by atoms with E-state index >= 15 is 0 Å². The van der Waals surface area contributed by atoms with Gasteiger partial charge in [-0.2, -0.15) is 0 Å². The number of carbonyl (C=O) groups is 1. The lowest BCUT2D eigenvalue weighted by atomic mass is 10.1. The Labute approximate surface area is 121 Å². The Hall–Kier alpha value is -1.73. The van der Waals surface area contributed by atoms with Gasteiger partial charge in [0, 0.05) is 25.7 Å².